The van der Waals surface area contributed by atoms with Gasteiger partial charge < -0.3 is 19.9 Å². The SMILES string of the molecule is CCn1c(=O)[nH]c2cc(C(=O)NCCN3CCN(C(=O)OC(C)(C)C)CC3)ccc2c1=O. The third-order valence-corrected chi connectivity index (χ3v) is 5.30. The number of fused-ring (bicyclic) bond motifs is 1. The maximum Gasteiger partial charge on any atom is 0.410 e. The number of nitrogens with one attached hydrogen (secondary N) is 2. The molecule has 0 radical (unpaired) electrons. The highest BCUT2D eigenvalue weighted by Crippen LogP contribution is 2.12. The van der Waals surface area contributed by atoms with Gasteiger partial charge in [-0.1, -0.05) is 0 Å². The van der Waals surface area contributed by atoms with Gasteiger partial charge in [0.15, 0.2) is 0 Å². The molecule has 1 saturated heterocycles. The van der Waals surface area contributed by atoms with Gasteiger partial charge in [0, 0.05) is 51.4 Å². The number of aromatic amines is 1. The number of amides is 2. The molecule has 174 valence electrons. The van der Waals surface area contributed by atoms with Gasteiger partial charge in [0.05, 0.1) is 10.9 Å². The summed E-state index contributed by atoms with van der Waals surface area (Å²) in [4.78, 5) is 55.5. The molecule has 2 amide bonds. The van der Waals surface area contributed by atoms with Gasteiger partial charge in [-0.05, 0) is 45.9 Å². The molecule has 0 unspecified atom stereocenters. The summed E-state index contributed by atoms with van der Waals surface area (Å²) in [5.41, 5.74) is -0.662. The second-order valence-electron chi connectivity index (χ2n) is 8.80. The molecule has 2 heterocycles. The highest BCUT2D eigenvalue weighted by atomic mass is 16.6. The topological polar surface area (TPSA) is 117 Å². The van der Waals surface area contributed by atoms with E-state index in [4.69, 9.17) is 4.74 Å². The smallest absolute Gasteiger partial charge is 0.410 e. The summed E-state index contributed by atoms with van der Waals surface area (Å²) in [6.45, 7) is 11.2. The molecule has 0 aliphatic carbocycles. The summed E-state index contributed by atoms with van der Waals surface area (Å²) in [7, 11) is 0. The monoisotopic (exact) mass is 445 g/mol. The number of ether oxygens (including phenoxy) is 1. The molecule has 0 saturated carbocycles. The Morgan fingerprint density at radius 3 is 2.44 bits per heavy atom. The summed E-state index contributed by atoms with van der Waals surface area (Å²) < 4.78 is 6.52. The van der Waals surface area contributed by atoms with E-state index >= 15 is 0 Å². The molecular weight excluding hydrogens is 414 g/mol. The minimum Gasteiger partial charge on any atom is -0.444 e. The first-order valence-electron chi connectivity index (χ1n) is 10.8. The minimum absolute atomic E-state index is 0.276. The van der Waals surface area contributed by atoms with E-state index in [1.165, 1.54) is 6.07 Å². The van der Waals surface area contributed by atoms with E-state index in [2.05, 4.69) is 15.2 Å². The van der Waals surface area contributed by atoms with E-state index in [0.717, 1.165) is 4.57 Å². The third-order valence-electron chi connectivity index (χ3n) is 5.30. The normalized spacial score (nSPS) is 15.1. The number of hydrogen-bond donors (Lipinski definition) is 2. The lowest BCUT2D eigenvalue weighted by Gasteiger charge is -2.35. The zero-order valence-corrected chi connectivity index (χ0v) is 19.1. The van der Waals surface area contributed by atoms with Gasteiger partial charge in [-0.15, -0.1) is 0 Å². The second kappa shape index (κ2) is 9.56. The van der Waals surface area contributed by atoms with Crippen LogP contribution in [0.15, 0.2) is 27.8 Å². The van der Waals surface area contributed by atoms with Crippen LogP contribution in [0.1, 0.15) is 38.1 Å². The van der Waals surface area contributed by atoms with E-state index in [1.807, 2.05) is 20.8 Å². The maximum atomic E-state index is 12.5. The van der Waals surface area contributed by atoms with Crippen LogP contribution >= 0.6 is 0 Å². The zero-order chi connectivity index (χ0) is 23.5. The quantitative estimate of drug-likeness (QED) is 0.709. The van der Waals surface area contributed by atoms with Gasteiger partial charge in [0.25, 0.3) is 11.5 Å². The number of carbonyl (C=O) groups excluding carboxylic acids is 2. The van der Waals surface area contributed by atoms with Crippen LogP contribution in [0, 0.1) is 0 Å². The number of hydrogen-bond acceptors (Lipinski definition) is 6. The van der Waals surface area contributed by atoms with Crippen molar-refractivity contribution in [2.45, 2.75) is 39.8 Å². The van der Waals surface area contributed by atoms with Crippen LogP contribution in [0.4, 0.5) is 4.79 Å². The molecule has 10 nitrogen and oxygen atoms in total. The van der Waals surface area contributed by atoms with E-state index in [0.29, 0.717) is 55.7 Å². The lowest BCUT2D eigenvalue weighted by Crippen LogP contribution is -2.51. The number of aromatic nitrogens is 2. The molecular formula is C22H31N5O5. The van der Waals surface area contributed by atoms with Gasteiger partial charge in [-0.25, -0.2) is 9.59 Å². The fraction of sp³-hybridized carbons (Fsp3) is 0.545. The van der Waals surface area contributed by atoms with Crippen molar-refractivity contribution in [3.05, 3.63) is 44.6 Å². The molecule has 1 aliphatic heterocycles. The Labute approximate surface area is 186 Å². The first-order chi connectivity index (χ1) is 15.1. The Morgan fingerprint density at radius 2 is 1.81 bits per heavy atom. The Hall–Kier alpha value is -3.14. The van der Waals surface area contributed by atoms with Crippen molar-refractivity contribution in [3.8, 4) is 0 Å². The van der Waals surface area contributed by atoms with Crippen molar-refractivity contribution >= 4 is 22.9 Å². The largest absolute Gasteiger partial charge is 0.444 e. The second-order valence-corrected chi connectivity index (χ2v) is 8.80. The van der Waals surface area contributed by atoms with Gasteiger partial charge in [-0.3, -0.25) is 19.1 Å². The average Bonchev–Trinajstić information content (AvgIpc) is 2.72. The van der Waals surface area contributed by atoms with E-state index in [1.54, 1.807) is 24.0 Å². The van der Waals surface area contributed by atoms with Crippen molar-refractivity contribution < 1.29 is 14.3 Å². The Bertz CT molecular complexity index is 1110. The summed E-state index contributed by atoms with van der Waals surface area (Å²) in [5, 5.41) is 3.23. The van der Waals surface area contributed by atoms with Gasteiger partial charge in [0.2, 0.25) is 0 Å². The molecule has 1 fully saturated rings. The molecule has 2 N–H and O–H groups in total. The van der Waals surface area contributed by atoms with Crippen LogP contribution in [0.3, 0.4) is 0 Å². The fourth-order valence-corrected chi connectivity index (χ4v) is 3.59. The molecule has 10 heteroatoms. The number of H-pyrrole nitrogens is 1. The molecule has 0 bridgehead atoms. The third kappa shape index (κ3) is 5.56. The van der Waals surface area contributed by atoms with Crippen LogP contribution in [-0.2, 0) is 11.3 Å². The lowest BCUT2D eigenvalue weighted by atomic mass is 10.1. The van der Waals surface area contributed by atoms with Crippen molar-refractivity contribution in [2.75, 3.05) is 39.3 Å². The molecule has 3 rings (SSSR count). The molecule has 0 spiro atoms. The predicted molar refractivity (Wildman–Crippen MR) is 121 cm³/mol. The summed E-state index contributed by atoms with van der Waals surface area (Å²) in [6.07, 6.45) is -0.300. The lowest BCUT2D eigenvalue weighted by molar-refractivity contribution is 0.0147. The molecule has 2 aromatic rings. The van der Waals surface area contributed by atoms with E-state index in [9.17, 15) is 19.2 Å². The Balaban J connectivity index is 1.51. The maximum absolute atomic E-state index is 12.5. The molecule has 0 atom stereocenters. The van der Waals surface area contributed by atoms with Crippen molar-refractivity contribution in [1.29, 1.82) is 0 Å². The number of benzene rings is 1. The van der Waals surface area contributed by atoms with Crippen LogP contribution in [0.2, 0.25) is 0 Å². The standard InChI is InChI=1S/C22H31N5O5/c1-5-27-19(29)16-7-6-15(14-17(16)24-20(27)30)18(28)23-8-9-25-10-12-26(13-11-25)21(31)32-22(2,3)4/h6-7,14H,5,8-13H2,1-4H3,(H,23,28)(H,24,30). The number of piperazine rings is 1. The summed E-state index contributed by atoms with van der Waals surface area (Å²) in [6, 6.07) is 4.66. The van der Waals surface area contributed by atoms with Gasteiger partial charge >= 0.3 is 11.8 Å². The fourth-order valence-electron chi connectivity index (χ4n) is 3.59. The van der Waals surface area contributed by atoms with E-state index < -0.39 is 11.3 Å². The van der Waals surface area contributed by atoms with Crippen LogP contribution in [-0.4, -0.2) is 76.2 Å². The van der Waals surface area contributed by atoms with Crippen LogP contribution in [0.25, 0.3) is 10.9 Å². The molecule has 32 heavy (non-hydrogen) atoms. The Kier molecular flexibility index (Phi) is 7.02. The summed E-state index contributed by atoms with van der Waals surface area (Å²) in [5.74, 6) is -0.278. The zero-order valence-electron chi connectivity index (χ0n) is 19.1. The molecule has 1 aliphatic rings. The number of nitrogens with zero attached hydrogens (tertiary/aromatic N) is 3. The molecule has 1 aromatic carbocycles. The van der Waals surface area contributed by atoms with Crippen LogP contribution < -0.4 is 16.6 Å². The van der Waals surface area contributed by atoms with Crippen molar-refractivity contribution in [2.24, 2.45) is 0 Å². The van der Waals surface area contributed by atoms with Crippen LogP contribution in [0.5, 0.6) is 0 Å². The summed E-state index contributed by atoms with van der Waals surface area (Å²) >= 11 is 0. The highest BCUT2D eigenvalue weighted by Gasteiger charge is 2.25. The van der Waals surface area contributed by atoms with Gasteiger partial charge in [0.1, 0.15) is 5.60 Å². The first-order valence-corrected chi connectivity index (χ1v) is 10.8. The minimum atomic E-state index is -0.513. The number of carbonyl (C=O) groups is 2. The van der Waals surface area contributed by atoms with Gasteiger partial charge in [-0.2, -0.15) is 0 Å². The van der Waals surface area contributed by atoms with Crippen molar-refractivity contribution in [1.82, 2.24) is 24.7 Å². The average molecular weight is 446 g/mol. The highest BCUT2D eigenvalue weighted by molar-refractivity contribution is 5.97. The van der Waals surface area contributed by atoms with E-state index in [-0.39, 0.29) is 24.1 Å². The predicted octanol–water partition coefficient (Wildman–Crippen LogP) is 0.992. The molecule has 1 aromatic heterocycles. The number of rotatable bonds is 5. The van der Waals surface area contributed by atoms with Crippen molar-refractivity contribution in [3.63, 3.8) is 0 Å². The Morgan fingerprint density at radius 1 is 1.12 bits per heavy atom. The first kappa shape index (κ1) is 23.5.